The first-order valence-electron chi connectivity index (χ1n) is 6.45. The number of hydrogen-bond acceptors (Lipinski definition) is 4. The molecule has 3 aliphatic rings. The second-order valence-corrected chi connectivity index (χ2v) is 5.66. The molecule has 3 fully saturated rings. The molecule has 3 rings (SSSR count). The normalized spacial score (nSPS) is 44.1. The van der Waals surface area contributed by atoms with Crippen LogP contribution in [0.4, 0.5) is 0 Å². The summed E-state index contributed by atoms with van der Waals surface area (Å²) in [5.41, 5.74) is 6.15. The summed E-state index contributed by atoms with van der Waals surface area (Å²) in [6, 6.07) is 0. The quantitative estimate of drug-likeness (QED) is 0.747. The van der Waals surface area contributed by atoms with E-state index < -0.39 is 0 Å². The molecule has 3 atom stereocenters. The minimum absolute atomic E-state index is 0.219. The van der Waals surface area contributed by atoms with Crippen molar-refractivity contribution in [1.82, 2.24) is 4.90 Å². The van der Waals surface area contributed by atoms with Gasteiger partial charge in [0, 0.05) is 38.2 Å². The molecule has 3 heterocycles. The molecule has 3 saturated heterocycles. The van der Waals surface area contributed by atoms with Crippen molar-refractivity contribution in [2.24, 2.45) is 11.1 Å². The Kier molecular flexibility index (Phi) is 2.92. The largest absolute Gasteiger partial charge is 0.381 e. The van der Waals surface area contributed by atoms with Gasteiger partial charge in [0.2, 0.25) is 0 Å². The summed E-state index contributed by atoms with van der Waals surface area (Å²) in [6.45, 7) is 5.76. The van der Waals surface area contributed by atoms with E-state index >= 15 is 0 Å². The molecule has 0 saturated carbocycles. The maximum Gasteiger partial charge on any atom is 0.0707 e. The van der Waals surface area contributed by atoms with Gasteiger partial charge in [-0.05, 0) is 19.3 Å². The lowest BCUT2D eigenvalue weighted by molar-refractivity contribution is -0.0504. The van der Waals surface area contributed by atoms with Crippen LogP contribution in [0.2, 0.25) is 0 Å². The molecule has 3 aliphatic heterocycles. The molecule has 0 aromatic heterocycles. The van der Waals surface area contributed by atoms with Crippen LogP contribution in [0.15, 0.2) is 0 Å². The van der Waals surface area contributed by atoms with Crippen molar-refractivity contribution in [3.05, 3.63) is 0 Å². The maximum atomic E-state index is 5.93. The zero-order chi connectivity index (χ0) is 11.0. The molecule has 2 bridgehead atoms. The van der Waals surface area contributed by atoms with E-state index in [4.69, 9.17) is 15.2 Å². The standard InChI is InChI=1S/C12H22N2O2/c13-7-12(3-4-15-9-12)8-14-5-10-1-2-11(6-14)16-10/h10-11H,1-9,13H2. The fourth-order valence-electron chi connectivity index (χ4n) is 3.30. The maximum absolute atomic E-state index is 5.93. The number of rotatable bonds is 3. The summed E-state index contributed by atoms with van der Waals surface area (Å²) in [4.78, 5) is 2.55. The van der Waals surface area contributed by atoms with Crippen LogP contribution < -0.4 is 5.73 Å². The van der Waals surface area contributed by atoms with E-state index in [2.05, 4.69) is 4.90 Å². The third-order valence-electron chi connectivity index (χ3n) is 4.30. The molecular weight excluding hydrogens is 204 g/mol. The van der Waals surface area contributed by atoms with Gasteiger partial charge in [0.25, 0.3) is 0 Å². The van der Waals surface area contributed by atoms with Crippen molar-refractivity contribution < 1.29 is 9.47 Å². The first kappa shape index (κ1) is 11.0. The molecule has 2 N–H and O–H groups in total. The first-order chi connectivity index (χ1) is 7.80. The Morgan fingerprint density at radius 2 is 2.00 bits per heavy atom. The van der Waals surface area contributed by atoms with Gasteiger partial charge in [-0.3, -0.25) is 4.90 Å². The van der Waals surface area contributed by atoms with Gasteiger partial charge >= 0.3 is 0 Å². The fraction of sp³-hybridized carbons (Fsp3) is 1.00. The summed E-state index contributed by atoms with van der Waals surface area (Å²) >= 11 is 0. The molecule has 0 aromatic carbocycles. The SMILES string of the molecule is NCC1(CN2CC3CCC(C2)O3)CCOC1. The van der Waals surface area contributed by atoms with Crippen LogP contribution >= 0.6 is 0 Å². The first-order valence-corrected chi connectivity index (χ1v) is 6.45. The van der Waals surface area contributed by atoms with Gasteiger partial charge < -0.3 is 15.2 Å². The highest BCUT2D eigenvalue weighted by Gasteiger charge is 2.40. The summed E-state index contributed by atoms with van der Waals surface area (Å²) in [7, 11) is 0. The van der Waals surface area contributed by atoms with Crippen LogP contribution in [0, 0.1) is 5.41 Å². The summed E-state index contributed by atoms with van der Waals surface area (Å²) in [5.74, 6) is 0. The molecule has 0 radical (unpaired) electrons. The van der Waals surface area contributed by atoms with E-state index in [1.165, 1.54) is 12.8 Å². The summed E-state index contributed by atoms with van der Waals surface area (Å²) < 4.78 is 11.4. The lowest BCUT2D eigenvalue weighted by Gasteiger charge is -2.38. The van der Waals surface area contributed by atoms with Crippen LogP contribution in [0.25, 0.3) is 0 Å². The van der Waals surface area contributed by atoms with E-state index in [1.54, 1.807) is 0 Å². The van der Waals surface area contributed by atoms with Crippen LogP contribution in [-0.2, 0) is 9.47 Å². The molecule has 16 heavy (non-hydrogen) atoms. The number of likely N-dealkylation sites (tertiary alicyclic amines) is 1. The zero-order valence-electron chi connectivity index (χ0n) is 9.86. The van der Waals surface area contributed by atoms with Gasteiger partial charge in [-0.15, -0.1) is 0 Å². The smallest absolute Gasteiger partial charge is 0.0707 e. The summed E-state index contributed by atoms with van der Waals surface area (Å²) in [6.07, 6.45) is 4.57. The topological polar surface area (TPSA) is 47.7 Å². The molecule has 4 nitrogen and oxygen atoms in total. The molecule has 0 amide bonds. The Morgan fingerprint density at radius 1 is 1.25 bits per heavy atom. The molecule has 3 unspecified atom stereocenters. The Labute approximate surface area is 97.1 Å². The van der Waals surface area contributed by atoms with Gasteiger partial charge in [-0.25, -0.2) is 0 Å². The average Bonchev–Trinajstić information content (AvgIpc) is 2.87. The van der Waals surface area contributed by atoms with Crippen molar-refractivity contribution in [3.8, 4) is 0 Å². The van der Waals surface area contributed by atoms with Gasteiger partial charge in [0.05, 0.1) is 18.8 Å². The highest BCUT2D eigenvalue weighted by molar-refractivity contribution is 4.92. The molecule has 92 valence electrons. The minimum Gasteiger partial charge on any atom is -0.381 e. The predicted octanol–water partition coefficient (Wildman–Crippen LogP) is 0.215. The monoisotopic (exact) mass is 226 g/mol. The van der Waals surface area contributed by atoms with Crippen molar-refractivity contribution >= 4 is 0 Å². The average molecular weight is 226 g/mol. The van der Waals surface area contributed by atoms with Crippen molar-refractivity contribution in [2.45, 2.75) is 31.5 Å². The highest BCUT2D eigenvalue weighted by Crippen LogP contribution is 2.32. The molecule has 4 heteroatoms. The third-order valence-corrected chi connectivity index (χ3v) is 4.30. The molecular formula is C12H22N2O2. The van der Waals surface area contributed by atoms with E-state index in [-0.39, 0.29) is 5.41 Å². The number of morpholine rings is 1. The van der Waals surface area contributed by atoms with Crippen molar-refractivity contribution in [1.29, 1.82) is 0 Å². The van der Waals surface area contributed by atoms with Gasteiger partial charge in [-0.2, -0.15) is 0 Å². The van der Waals surface area contributed by atoms with Gasteiger partial charge in [0.15, 0.2) is 0 Å². The fourth-order valence-corrected chi connectivity index (χ4v) is 3.30. The minimum atomic E-state index is 0.219. The lowest BCUT2D eigenvalue weighted by Crippen LogP contribution is -2.50. The van der Waals surface area contributed by atoms with Gasteiger partial charge in [0.1, 0.15) is 0 Å². The van der Waals surface area contributed by atoms with Crippen LogP contribution in [0.1, 0.15) is 19.3 Å². The van der Waals surface area contributed by atoms with Crippen LogP contribution in [0.3, 0.4) is 0 Å². The van der Waals surface area contributed by atoms with Crippen molar-refractivity contribution in [2.75, 3.05) is 39.4 Å². The van der Waals surface area contributed by atoms with E-state index in [0.29, 0.717) is 12.2 Å². The summed E-state index contributed by atoms with van der Waals surface area (Å²) in [5, 5.41) is 0. The van der Waals surface area contributed by atoms with E-state index in [1.807, 2.05) is 0 Å². The Morgan fingerprint density at radius 3 is 2.56 bits per heavy atom. The molecule has 0 aliphatic carbocycles. The second kappa shape index (κ2) is 4.26. The van der Waals surface area contributed by atoms with Crippen LogP contribution in [-0.4, -0.2) is 56.5 Å². The number of fused-ring (bicyclic) bond motifs is 2. The third kappa shape index (κ3) is 1.99. The number of ether oxygens (including phenoxy) is 2. The van der Waals surface area contributed by atoms with E-state index in [0.717, 1.165) is 45.8 Å². The Balaban J connectivity index is 1.61. The number of hydrogen-bond donors (Lipinski definition) is 1. The van der Waals surface area contributed by atoms with E-state index in [9.17, 15) is 0 Å². The number of nitrogens with two attached hydrogens (primary N) is 1. The van der Waals surface area contributed by atoms with Crippen LogP contribution in [0.5, 0.6) is 0 Å². The Hall–Kier alpha value is -0.160. The second-order valence-electron chi connectivity index (χ2n) is 5.66. The molecule has 0 aromatic rings. The number of nitrogens with zero attached hydrogens (tertiary/aromatic N) is 1. The van der Waals surface area contributed by atoms with Gasteiger partial charge in [-0.1, -0.05) is 0 Å². The predicted molar refractivity (Wildman–Crippen MR) is 61.3 cm³/mol. The highest BCUT2D eigenvalue weighted by atomic mass is 16.5. The Bertz CT molecular complexity index is 241. The molecule has 0 spiro atoms. The zero-order valence-corrected chi connectivity index (χ0v) is 9.86. The van der Waals surface area contributed by atoms with Crippen molar-refractivity contribution in [3.63, 3.8) is 0 Å². The lowest BCUT2D eigenvalue weighted by atomic mass is 9.86.